The normalized spacial score (nSPS) is 10.9. The second kappa shape index (κ2) is 4.80. The van der Waals surface area contributed by atoms with E-state index in [0.29, 0.717) is 10.0 Å². The van der Waals surface area contributed by atoms with E-state index in [1.54, 1.807) is 7.11 Å². The fraction of sp³-hybridized carbons (Fsp3) is 0.0667. The van der Waals surface area contributed by atoms with Gasteiger partial charge in [-0.25, -0.2) is 0 Å². The second-order valence-electron chi connectivity index (χ2n) is 4.24. The lowest BCUT2D eigenvalue weighted by molar-refractivity contribution is 0.416. The number of benzene rings is 2. The highest BCUT2D eigenvalue weighted by Crippen LogP contribution is 2.34. The third-order valence-corrected chi connectivity index (χ3v) is 3.78. The lowest BCUT2D eigenvalue weighted by Crippen LogP contribution is -1.86. The molecule has 4 heteroatoms. The van der Waals surface area contributed by atoms with Gasteiger partial charge in [0.25, 0.3) is 0 Å². The highest BCUT2D eigenvalue weighted by Gasteiger charge is 2.09. The summed E-state index contributed by atoms with van der Waals surface area (Å²) in [5.41, 5.74) is 2.94. The van der Waals surface area contributed by atoms with Gasteiger partial charge in [-0.05, 0) is 30.3 Å². The molecule has 2 aromatic carbocycles. The Morgan fingerprint density at radius 2 is 1.74 bits per heavy atom. The minimum atomic E-state index is 0.544. The van der Waals surface area contributed by atoms with Gasteiger partial charge in [0.05, 0.1) is 22.8 Å². The summed E-state index contributed by atoms with van der Waals surface area (Å²) in [5.74, 6) is 0.825. The molecule has 0 saturated carbocycles. The van der Waals surface area contributed by atoms with Crippen molar-refractivity contribution in [3.63, 3.8) is 0 Å². The Morgan fingerprint density at radius 1 is 1.00 bits per heavy atom. The first-order valence-corrected chi connectivity index (χ1v) is 6.56. The number of aromatic nitrogens is 1. The lowest BCUT2D eigenvalue weighted by atomic mass is 10.1. The molecule has 1 aromatic heterocycles. The summed E-state index contributed by atoms with van der Waals surface area (Å²) in [5, 5.41) is 2.12. The van der Waals surface area contributed by atoms with Crippen molar-refractivity contribution in [3.8, 4) is 17.0 Å². The summed E-state index contributed by atoms with van der Waals surface area (Å²) in [6, 6.07) is 13.6. The van der Waals surface area contributed by atoms with Gasteiger partial charge in [0, 0.05) is 16.5 Å². The quantitative estimate of drug-likeness (QED) is 0.694. The molecule has 0 saturated heterocycles. The number of halogens is 2. The van der Waals surface area contributed by atoms with Gasteiger partial charge in [-0.2, -0.15) is 0 Å². The van der Waals surface area contributed by atoms with Crippen LogP contribution >= 0.6 is 23.2 Å². The molecule has 2 nitrogen and oxygen atoms in total. The molecule has 0 aliphatic carbocycles. The van der Waals surface area contributed by atoms with E-state index in [1.807, 2.05) is 42.5 Å². The second-order valence-corrected chi connectivity index (χ2v) is 5.05. The predicted octanol–water partition coefficient (Wildman–Crippen LogP) is 5.15. The van der Waals surface area contributed by atoms with Crippen molar-refractivity contribution in [1.29, 1.82) is 0 Å². The fourth-order valence-corrected chi connectivity index (χ4v) is 2.47. The number of hydrogen-bond acceptors (Lipinski definition) is 1. The van der Waals surface area contributed by atoms with Gasteiger partial charge in [-0.15, -0.1) is 0 Å². The number of H-pyrrole nitrogens is 1. The Balaban J connectivity index is 2.20. The minimum Gasteiger partial charge on any atom is -0.496 e. The summed E-state index contributed by atoms with van der Waals surface area (Å²) in [6.07, 6.45) is 0. The van der Waals surface area contributed by atoms with Crippen LogP contribution in [0.25, 0.3) is 22.2 Å². The average molecular weight is 292 g/mol. The van der Waals surface area contributed by atoms with Crippen LogP contribution in [0.4, 0.5) is 0 Å². The van der Waals surface area contributed by atoms with Gasteiger partial charge in [0.1, 0.15) is 5.75 Å². The maximum absolute atomic E-state index is 6.03. The topological polar surface area (TPSA) is 25.0 Å². The Bertz CT molecular complexity index is 710. The predicted molar refractivity (Wildman–Crippen MR) is 80.3 cm³/mol. The van der Waals surface area contributed by atoms with Crippen LogP contribution < -0.4 is 4.74 Å². The largest absolute Gasteiger partial charge is 0.496 e. The van der Waals surface area contributed by atoms with E-state index in [0.717, 1.165) is 27.9 Å². The molecular weight excluding hydrogens is 281 g/mol. The van der Waals surface area contributed by atoms with Crippen LogP contribution in [0, 0.1) is 0 Å². The SMILES string of the molecule is COc1ccccc1-c1cc2cc(Cl)c(Cl)cc2[nH]1. The number of ether oxygens (including phenoxy) is 1. The number of aromatic amines is 1. The molecule has 0 aliphatic rings. The zero-order valence-corrected chi connectivity index (χ0v) is 11.7. The lowest BCUT2D eigenvalue weighted by Gasteiger charge is -2.05. The molecule has 1 heterocycles. The first-order valence-electron chi connectivity index (χ1n) is 5.80. The summed E-state index contributed by atoms with van der Waals surface area (Å²) < 4.78 is 5.37. The highest BCUT2D eigenvalue weighted by atomic mass is 35.5. The monoisotopic (exact) mass is 291 g/mol. The van der Waals surface area contributed by atoms with Crippen LogP contribution in [0.1, 0.15) is 0 Å². The van der Waals surface area contributed by atoms with E-state index in [4.69, 9.17) is 27.9 Å². The Hall–Kier alpha value is -1.64. The number of methoxy groups -OCH3 is 1. The van der Waals surface area contributed by atoms with Gasteiger partial charge in [-0.1, -0.05) is 35.3 Å². The van der Waals surface area contributed by atoms with E-state index >= 15 is 0 Å². The van der Waals surface area contributed by atoms with Crippen LogP contribution in [-0.2, 0) is 0 Å². The summed E-state index contributed by atoms with van der Waals surface area (Å²) in [4.78, 5) is 3.33. The van der Waals surface area contributed by atoms with Crippen LogP contribution in [0.3, 0.4) is 0 Å². The van der Waals surface area contributed by atoms with Crippen LogP contribution in [-0.4, -0.2) is 12.1 Å². The first-order chi connectivity index (χ1) is 9.19. The number of fused-ring (bicyclic) bond motifs is 1. The van der Waals surface area contributed by atoms with E-state index in [2.05, 4.69) is 4.98 Å². The Kier molecular flexibility index (Phi) is 3.13. The van der Waals surface area contributed by atoms with Gasteiger partial charge in [0.2, 0.25) is 0 Å². The maximum atomic E-state index is 6.03. The van der Waals surface area contributed by atoms with Crippen LogP contribution in [0.15, 0.2) is 42.5 Å². The fourth-order valence-electron chi connectivity index (χ4n) is 2.14. The van der Waals surface area contributed by atoms with E-state index in [-0.39, 0.29) is 0 Å². The summed E-state index contributed by atoms with van der Waals surface area (Å²) >= 11 is 12.1. The molecule has 0 spiro atoms. The van der Waals surface area contributed by atoms with E-state index < -0.39 is 0 Å². The average Bonchev–Trinajstić information content (AvgIpc) is 2.82. The summed E-state index contributed by atoms with van der Waals surface area (Å²) in [7, 11) is 1.66. The molecule has 0 fully saturated rings. The number of nitrogens with one attached hydrogen (secondary N) is 1. The standard InChI is InChI=1S/C15H11Cl2NO/c1-19-15-5-3-2-4-10(15)14-7-9-6-11(16)12(17)8-13(9)18-14/h2-8,18H,1H3. The zero-order valence-electron chi connectivity index (χ0n) is 10.2. The molecular formula is C15H11Cl2NO. The molecule has 96 valence electrons. The molecule has 3 rings (SSSR count). The molecule has 0 atom stereocenters. The van der Waals surface area contributed by atoms with Gasteiger partial charge in [0.15, 0.2) is 0 Å². The Morgan fingerprint density at radius 3 is 2.53 bits per heavy atom. The van der Waals surface area contributed by atoms with Crippen molar-refractivity contribution in [2.24, 2.45) is 0 Å². The number of rotatable bonds is 2. The Labute approximate surface area is 120 Å². The first kappa shape index (κ1) is 12.4. The molecule has 0 bridgehead atoms. The van der Waals surface area contributed by atoms with Gasteiger partial charge >= 0.3 is 0 Å². The molecule has 3 aromatic rings. The van der Waals surface area contributed by atoms with Crippen LogP contribution in [0.5, 0.6) is 5.75 Å². The van der Waals surface area contributed by atoms with Crippen molar-refractivity contribution >= 4 is 34.1 Å². The smallest absolute Gasteiger partial charge is 0.128 e. The van der Waals surface area contributed by atoms with Gasteiger partial charge in [-0.3, -0.25) is 0 Å². The highest BCUT2D eigenvalue weighted by molar-refractivity contribution is 6.42. The number of para-hydroxylation sites is 1. The van der Waals surface area contributed by atoms with Gasteiger partial charge < -0.3 is 9.72 Å². The number of hydrogen-bond donors (Lipinski definition) is 1. The maximum Gasteiger partial charge on any atom is 0.128 e. The molecule has 0 radical (unpaired) electrons. The molecule has 0 aliphatic heterocycles. The van der Waals surface area contributed by atoms with E-state index in [1.165, 1.54) is 0 Å². The zero-order chi connectivity index (χ0) is 13.4. The van der Waals surface area contributed by atoms with Crippen LogP contribution in [0.2, 0.25) is 10.0 Å². The molecule has 0 amide bonds. The molecule has 0 unspecified atom stereocenters. The van der Waals surface area contributed by atoms with Crippen molar-refractivity contribution < 1.29 is 4.74 Å². The third kappa shape index (κ3) is 2.18. The van der Waals surface area contributed by atoms with Crippen molar-refractivity contribution in [3.05, 3.63) is 52.5 Å². The van der Waals surface area contributed by atoms with Crippen molar-refractivity contribution in [2.45, 2.75) is 0 Å². The van der Waals surface area contributed by atoms with E-state index in [9.17, 15) is 0 Å². The molecule has 19 heavy (non-hydrogen) atoms. The molecule has 1 N–H and O–H groups in total. The van der Waals surface area contributed by atoms with Crippen molar-refractivity contribution in [1.82, 2.24) is 4.98 Å². The van der Waals surface area contributed by atoms with Crippen molar-refractivity contribution in [2.75, 3.05) is 7.11 Å². The minimum absolute atomic E-state index is 0.544. The summed E-state index contributed by atoms with van der Waals surface area (Å²) in [6.45, 7) is 0. The third-order valence-electron chi connectivity index (χ3n) is 3.06.